The van der Waals surface area contributed by atoms with E-state index in [9.17, 15) is 0 Å². The van der Waals surface area contributed by atoms with E-state index in [2.05, 4.69) is 71.5 Å². The van der Waals surface area contributed by atoms with E-state index in [1.54, 1.807) is 0 Å². The van der Waals surface area contributed by atoms with Crippen molar-refractivity contribution in [1.29, 1.82) is 0 Å². The van der Waals surface area contributed by atoms with Crippen molar-refractivity contribution >= 4 is 27.5 Å². The maximum Gasteiger partial charge on any atom is 0.0417 e. The minimum Gasteiger partial charge on any atom is -0.306 e. The Morgan fingerprint density at radius 3 is 2.43 bits per heavy atom. The average molecular weight is 367 g/mol. The Morgan fingerprint density at radius 1 is 1.10 bits per heavy atom. The molecule has 3 heteroatoms. The normalized spacial score (nSPS) is 12.6. The Balaban J connectivity index is 2.09. The number of hydrogen-bond acceptors (Lipinski definition) is 1. The highest BCUT2D eigenvalue weighted by Crippen LogP contribution is 2.25. The lowest BCUT2D eigenvalue weighted by molar-refractivity contribution is 0.428. The summed E-state index contributed by atoms with van der Waals surface area (Å²) in [5, 5.41) is 4.43. The fourth-order valence-corrected chi connectivity index (χ4v) is 3.22. The van der Waals surface area contributed by atoms with Gasteiger partial charge in [0.1, 0.15) is 0 Å². The molecule has 1 unspecified atom stereocenters. The van der Waals surface area contributed by atoms with Gasteiger partial charge in [0.15, 0.2) is 0 Å². The van der Waals surface area contributed by atoms with E-state index in [1.165, 1.54) is 11.1 Å². The molecule has 2 rings (SSSR count). The molecule has 0 saturated heterocycles. The van der Waals surface area contributed by atoms with Gasteiger partial charge in [-0.25, -0.2) is 0 Å². The number of benzene rings is 2. The number of hydrogen-bond donors (Lipinski definition) is 1. The smallest absolute Gasteiger partial charge is 0.0417 e. The molecular weight excluding hydrogens is 346 g/mol. The summed E-state index contributed by atoms with van der Waals surface area (Å²) in [5.74, 6) is 0.649. The minimum atomic E-state index is 0.369. The number of halogens is 2. The van der Waals surface area contributed by atoms with Gasteiger partial charge in [0.05, 0.1) is 0 Å². The second-order valence-electron chi connectivity index (χ2n) is 5.71. The monoisotopic (exact) mass is 365 g/mol. The van der Waals surface area contributed by atoms with Crippen LogP contribution < -0.4 is 5.32 Å². The van der Waals surface area contributed by atoms with Crippen LogP contribution in [0.15, 0.2) is 53.0 Å². The van der Waals surface area contributed by atoms with Gasteiger partial charge < -0.3 is 5.32 Å². The van der Waals surface area contributed by atoms with E-state index in [0.717, 1.165) is 22.5 Å². The molecule has 0 saturated carbocycles. The molecule has 0 amide bonds. The van der Waals surface area contributed by atoms with Crippen LogP contribution in [0.1, 0.15) is 37.4 Å². The Hall–Kier alpha value is -0.830. The quantitative estimate of drug-likeness (QED) is 0.663. The molecule has 112 valence electrons. The molecule has 0 fully saturated rings. The predicted molar refractivity (Wildman–Crippen MR) is 94.6 cm³/mol. The molecule has 0 spiro atoms. The summed E-state index contributed by atoms with van der Waals surface area (Å²) in [4.78, 5) is 0. The van der Waals surface area contributed by atoms with Crippen LogP contribution >= 0.6 is 27.5 Å². The Labute approximate surface area is 140 Å². The van der Waals surface area contributed by atoms with Crippen molar-refractivity contribution in [1.82, 2.24) is 5.32 Å². The van der Waals surface area contributed by atoms with Crippen molar-refractivity contribution in [3.8, 4) is 0 Å². The van der Waals surface area contributed by atoms with Crippen molar-refractivity contribution in [2.75, 3.05) is 0 Å². The molecule has 0 aromatic heterocycles. The van der Waals surface area contributed by atoms with E-state index >= 15 is 0 Å². The van der Waals surface area contributed by atoms with Gasteiger partial charge in [0.25, 0.3) is 0 Å². The van der Waals surface area contributed by atoms with Gasteiger partial charge in [-0.05, 0) is 35.6 Å². The van der Waals surface area contributed by atoms with E-state index in [0.29, 0.717) is 12.0 Å². The molecule has 0 heterocycles. The molecular formula is C18H21BrClN. The largest absolute Gasteiger partial charge is 0.306 e. The van der Waals surface area contributed by atoms with Crippen molar-refractivity contribution in [3.63, 3.8) is 0 Å². The lowest BCUT2D eigenvalue weighted by Crippen LogP contribution is -2.22. The fraction of sp³-hybridized carbons (Fsp3) is 0.333. The summed E-state index contributed by atoms with van der Waals surface area (Å²) in [6.45, 7) is 5.34. The zero-order valence-corrected chi connectivity index (χ0v) is 14.8. The summed E-state index contributed by atoms with van der Waals surface area (Å²) in [5.41, 5.74) is 2.57. The second-order valence-corrected chi connectivity index (χ2v) is 7.00. The molecule has 0 radical (unpaired) electrons. The zero-order valence-electron chi connectivity index (χ0n) is 12.4. The first kappa shape index (κ1) is 16.5. The van der Waals surface area contributed by atoms with Crippen molar-refractivity contribution in [2.45, 2.75) is 32.9 Å². The third-order valence-electron chi connectivity index (χ3n) is 3.46. The Bertz CT molecular complexity index is 569. The summed E-state index contributed by atoms with van der Waals surface area (Å²) >= 11 is 9.57. The molecule has 0 aliphatic heterocycles. The van der Waals surface area contributed by atoms with E-state index < -0.39 is 0 Å². The van der Waals surface area contributed by atoms with Crippen LogP contribution in [-0.2, 0) is 6.54 Å². The van der Waals surface area contributed by atoms with Gasteiger partial charge >= 0.3 is 0 Å². The van der Waals surface area contributed by atoms with Gasteiger partial charge in [0, 0.05) is 22.1 Å². The summed E-state index contributed by atoms with van der Waals surface area (Å²) < 4.78 is 1.05. The second kappa shape index (κ2) is 7.98. The number of nitrogens with one attached hydrogen (secondary N) is 1. The van der Waals surface area contributed by atoms with Crippen LogP contribution in [0.2, 0.25) is 5.02 Å². The Morgan fingerprint density at radius 2 is 1.81 bits per heavy atom. The summed E-state index contributed by atoms with van der Waals surface area (Å²) in [6, 6.07) is 17.0. The van der Waals surface area contributed by atoms with Gasteiger partial charge in [-0.1, -0.05) is 77.8 Å². The molecule has 2 aromatic carbocycles. The fourth-order valence-electron chi connectivity index (χ4n) is 2.39. The molecule has 1 atom stereocenters. The molecule has 0 aliphatic rings. The zero-order chi connectivity index (χ0) is 15.2. The third kappa shape index (κ3) is 5.14. The van der Waals surface area contributed by atoms with Gasteiger partial charge in [-0.2, -0.15) is 0 Å². The van der Waals surface area contributed by atoms with Crippen LogP contribution in [0.5, 0.6) is 0 Å². The highest BCUT2D eigenvalue weighted by Gasteiger charge is 2.13. The van der Waals surface area contributed by atoms with Gasteiger partial charge in [-0.15, -0.1) is 0 Å². The van der Waals surface area contributed by atoms with Crippen LogP contribution in [0.25, 0.3) is 0 Å². The van der Waals surface area contributed by atoms with Crippen LogP contribution in [0.3, 0.4) is 0 Å². The van der Waals surface area contributed by atoms with E-state index in [1.807, 2.05) is 12.1 Å². The highest BCUT2D eigenvalue weighted by atomic mass is 79.9. The maximum atomic E-state index is 5.99. The van der Waals surface area contributed by atoms with Crippen molar-refractivity contribution in [3.05, 3.63) is 69.2 Å². The SMILES string of the molecule is CC(C)CC(NCc1ccc(Cl)cc1Br)c1ccccc1. The summed E-state index contributed by atoms with van der Waals surface area (Å²) in [6.07, 6.45) is 1.12. The topological polar surface area (TPSA) is 12.0 Å². The van der Waals surface area contributed by atoms with Gasteiger partial charge in [0.2, 0.25) is 0 Å². The van der Waals surface area contributed by atoms with E-state index in [-0.39, 0.29) is 0 Å². The van der Waals surface area contributed by atoms with E-state index in [4.69, 9.17) is 11.6 Å². The minimum absolute atomic E-state index is 0.369. The van der Waals surface area contributed by atoms with Crippen LogP contribution in [0, 0.1) is 5.92 Å². The molecule has 2 aromatic rings. The predicted octanol–water partition coefficient (Wildman–Crippen LogP) is 5.98. The summed E-state index contributed by atoms with van der Waals surface area (Å²) in [7, 11) is 0. The molecule has 0 aliphatic carbocycles. The standard InChI is InChI=1S/C18H21BrClN/c1-13(2)10-18(14-6-4-3-5-7-14)21-12-15-8-9-16(20)11-17(15)19/h3-9,11,13,18,21H,10,12H2,1-2H3. The first-order chi connectivity index (χ1) is 10.1. The number of rotatable bonds is 6. The lowest BCUT2D eigenvalue weighted by Gasteiger charge is -2.21. The van der Waals surface area contributed by atoms with Crippen molar-refractivity contribution < 1.29 is 0 Å². The maximum absolute atomic E-state index is 5.99. The van der Waals surface area contributed by atoms with Crippen LogP contribution in [0.4, 0.5) is 0 Å². The average Bonchev–Trinajstić information content (AvgIpc) is 2.45. The van der Waals surface area contributed by atoms with Crippen molar-refractivity contribution in [2.24, 2.45) is 5.92 Å². The van der Waals surface area contributed by atoms with Crippen LogP contribution in [-0.4, -0.2) is 0 Å². The van der Waals surface area contributed by atoms with Gasteiger partial charge in [-0.3, -0.25) is 0 Å². The highest BCUT2D eigenvalue weighted by molar-refractivity contribution is 9.10. The molecule has 0 bridgehead atoms. The molecule has 1 nitrogen and oxygen atoms in total. The molecule has 21 heavy (non-hydrogen) atoms. The first-order valence-corrected chi connectivity index (χ1v) is 8.45. The third-order valence-corrected chi connectivity index (χ3v) is 4.44. The Kier molecular flexibility index (Phi) is 6.28. The lowest BCUT2D eigenvalue weighted by atomic mass is 9.97. The molecule has 1 N–H and O–H groups in total. The first-order valence-electron chi connectivity index (χ1n) is 7.28.